The average molecular weight is 322 g/mol. The molecule has 0 aliphatic heterocycles. The number of nitrogens with zero attached hydrogens (tertiary/aromatic N) is 1. The van der Waals surface area contributed by atoms with E-state index in [1.807, 2.05) is 60.7 Å². The van der Waals surface area contributed by atoms with E-state index in [1.54, 1.807) is 0 Å². The first kappa shape index (κ1) is 16.4. The second-order valence-electron chi connectivity index (χ2n) is 6.08. The number of rotatable bonds is 4. The van der Waals surface area contributed by atoms with E-state index in [2.05, 4.69) is 16.7 Å². The lowest BCUT2D eigenvalue weighted by atomic mass is 9.77. The molecule has 0 bridgehead atoms. The first-order valence-electron chi connectivity index (χ1n) is 8.26. The third kappa shape index (κ3) is 3.55. The van der Waals surface area contributed by atoms with Gasteiger partial charge in [-0.15, -0.1) is 0 Å². The van der Waals surface area contributed by atoms with Gasteiger partial charge in [-0.05, 0) is 42.0 Å². The van der Waals surface area contributed by atoms with E-state index in [1.165, 1.54) is 0 Å². The van der Waals surface area contributed by atoms with Crippen molar-refractivity contribution < 1.29 is 10.4 Å². The Kier molecular flexibility index (Phi) is 5.41. The molecule has 1 fully saturated rings. The Hall–Kier alpha value is -2.43. The van der Waals surface area contributed by atoms with E-state index < -0.39 is 0 Å². The van der Waals surface area contributed by atoms with Gasteiger partial charge in [0.15, 0.2) is 0 Å². The minimum Gasteiger partial charge on any atom is -0.411 e. The number of hydrogen-bond donors (Lipinski definition) is 3. The van der Waals surface area contributed by atoms with Crippen LogP contribution in [0.4, 0.5) is 0 Å². The summed E-state index contributed by atoms with van der Waals surface area (Å²) < 4.78 is 0. The van der Waals surface area contributed by atoms with Crippen LogP contribution < -0.4 is 5.48 Å². The van der Waals surface area contributed by atoms with Crippen LogP contribution in [0.25, 0.3) is 6.08 Å². The van der Waals surface area contributed by atoms with Crippen molar-refractivity contribution in [3.8, 4) is 0 Å². The maximum Gasteiger partial charge on any atom is 0.0878 e. The maximum absolute atomic E-state index is 9.71. The van der Waals surface area contributed by atoms with E-state index in [4.69, 9.17) is 0 Å². The monoisotopic (exact) mass is 322 g/mol. The lowest BCUT2D eigenvalue weighted by Gasteiger charge is -2.31. The molecule has 1 aliphatic rings. The molecule has 1 saturated carbocycles. The second-order valence-corrected chi connectivity index (χ2v) is 6.08. The van der Waals surface area contributed by atoms with Crippen LogP contribution in [0.2, 0.25) is 0 Å². The third-order valence-electron chi connectivity index (χ3n) is 4.59. The zero-order chi connectivity index (χ0) is 16.8. The fourth-order valence-corrected chi connectivity index (χ4v) is 3.43. The molecule has 0 heterocycles. The summed E-state index contributed by atoms with van der Waals surface area (Å²) in [6.45, 7) is 0. The maximum atomic E-state index is 9.71. The molecule has 3 N–H and O–H groups in total. The van der Waals surface area contributed by atoms with Gasteiger partial charge < -0.3 is 10.4 Å². The third-order valence-corrected chi connectivity index (χ3v) is 4.59. The zero-order valence-electron chi connectivity index (χ0n) is 13.5. The van der Waals surface area contributed by atoms with Crippen LogP contribution in [0.3, 0.4) is 0 Å². The van der Waals surface area contributed by atoms with Gasteiger partial charge in [0.1, 0.15) is 0 Å². The topological polar surface area (TPSA) is 64.9 Å². The van der Waals surface area contributed by atoms with Gasteiger partial charge in [0.05, 0.1) is 11.8 Å². The Bertz CT molecular complexity index is 711. The lowest BCUT2D eigenvalue weighted by Crippen LogP contribution is -2.34. The quantitative estimate of drug-likeness (QED) is 0.576. The zero-order valence-corrected chi connectivity index (χ0v) is 13.5. The molecule has 0 radical (unpaired) electrons. The van der Waals surface area contributed by atoms with Crippen LogP contribution in [-0.2, 0) is 0 Å². The van der Waals surface area contributed by atoms with Gasteiger partial charge in [-0.3, -0.25) is 0 Å². The summed E-state index contributed by atoms with van der Waals surface area (Å²) in [5.74, 6) is -0.0777. The molecule has 1 aliphatic carbocycles. The molecule has 3 rings (SSSR count). The van der Waals surface area contributed by atoms with Gasteiger partial charge in [0.25, 0.3) is 0 Å². The van der Waals surface area contributed by atoms with Crippen LogP contribution >= 0.6 is 0 Å². The molecule has 2 atom stereocenters. The average Bonchev–Trinajstić information content (AvgIpc) is 2.64. The van der Waals surface area contributed by atoms with Crippen molar-refractivity contribution >= 4 is 11.8 Å². The van der Waals surface area contributed by atoms with E-state index in [-0.39, 0.29) is 12.0 Å². The number of nitrogens with one attached hydrogen (secondary N) is 1. The Balaban J connectivity index is 1.92. The van der Waals surface area contributed by atoms with Crippen LogP contribution in [0, 0.1) is 5.92 Å². The fourth-order valence-electron chi connectivity index (χ4n) is 3.43. The van der Waals surface area contributed by atoms with Gasteiger partial charge in [-0.25, -0.2) is 0 Å². The molecule has 0 unspecified atom stereocenters. The molecule has 0 aromatic heterocycles. The van der Waals surface area contributed by atoms with Crippen LogP contribution in [0.15, 0.2) is 71.4 Å². The predicted molar refractivity (Wildman–Crippen MR) is 95.1 cm³/mol. The smallest absolute Gasteiger partial charge is 0.0878 e. The Labute approximate surface area is 142 Å². The van der Waals surface area contributed by atoms with Crippen molar-refractivity contribution in [1.82, 2.24) is 5.48 Å². The normalized spacial score (nSPS) is 22.6. The van der Waals surface area contributed by atoms with Crippen molar-refractivity contribution in [2.24, 2.45) is 11.1 Å². The van der Waals surface area contributed by atoms with E-state index in [0.717, 1.165) is 36.0 Å². The first-order valence-corrected chi connectivity index (χ1v) is 8.26. The highest BCUT2D eigenvalue weighted by Gasteiger charge is 2.32. The van der Waals surface area contributed by atoms with Crippen LogP contribution in [-0.4, -0.2) is 16.1 Å². The molecule has 4 heteroatoms. The predicted octanol–water partition coefficient (Wildman–Crippen LogP) is 4.42. The highest BCUT2D eigenvalue weighted by atomic mass is 16.5. The summed E-state index contributed by atoms with van der Waals surface area (Å²) in [7, 11) is 0. The molecule has 124 valence electrons. The van der Waals surface area contributed by atoms with Crippen molar-refractivity contribution in [2.45, 2.75) is 25.3 Å². The minimum atomic E-state index is -0.295. The van der Waals surface area contributed by atoms with Crippen molar-refractivity contribution in [2.75, 3.05) is 0 Å². The van der Waals surface area contributed by atoms with Crippen LogP contribution in [0.5, 0.6) is 0 Å². The second kappa shape index (κ2) is 7.90. The Morgan fingerprint density at radius 1 is 1.04 bits per heavy atom. The molecule has 2 aromatic carbocycles. The van der Waals surface area contributed by atoms with Crippen molar-refractivity contribution in [1.29, 1.82) is 0 Å². The number of hydrogen-bond acceptors (Lipinski definition) is 4. The van der Waals surface area contributed by atoms with Gasteiger partial charge in [-0.2, -0.15) is 5.48 Å². The van der Waals surface area contributed by atoms with E-state index in [0.29, 0.717) is 5.71 Å². The fraction of sp³-hybridized carbons (Fsp3) is 0.250. The van der Waals surface area contributed by atoms with Crippen LogP contribution in [0.1, 0.15) is 36.4 Å². The molecular weight excluding hydrogens is 300 g/mol. The Morgan fingerprint density at radius 3 is 2.33 bits per heavy atom. The largest absolute Gasteiger partial charge is 0.411 e. The molecular formula is C20H22N2O2. The van der Waals surface area contributed by atoms with Gasteiger partial charge in [0.2, 0.25) is 0 Å². The molecule has 2 aromatic rings. The molecule has 0 saturated heterocycles. The summed E-state index contributed by atoms with van der Waals surface area (Å²) in [5.41, 5.74) is 6.16. The summed E-state index contributed by atoms with van der Waals surface area (Å²) >= 11 is 0. The number of benzene rings is 2. The van der Waals surface area contributed by atoms with Gasteiger partial charge in [0, 0.05) is 5.92 Å². The molecule has 24 heavy (non-hydrogen) atoms. The number of oxime groups is 1. The SMILES string of the molecule is ON=C1/C(=C\c2ccccc2)CCC[C@@H]1[C@H](NO)c1ccccc1. The molecule has 0 amide bonds. The standard InChI is InChI=1S/C20H22N2O2/c23-21-19(16-10-5-2-6-11-16)18-13-7-12-17(20(18)22-24)14-15-8-3-1-4-9-15/h1-6,8-11,14,18-19,21,23-24H,7,12-13H2/b17-14-,22-20?/t18-,19-/m1/s1. The Morgan fingerprint density at radius 2 is 1.71 bits per heavy atom. The first-order chi connectivity index (χ1) is 11.8. The highest BCUT2D eigenvalue weighted by molar-refractivity contribution is 6.05. The van der Waals surface area contributed by atoms with Gasteiger partial charge in [-0.1, -0.05) is 65.8 Å². The van der Waals surface area contributed by atoms with E-state index >= 15 is 0 Å². The van der Waals surface area contributed by atoms with E-state index in [9.17, 15) is 10.4 Å². The number of allylic oxidation sites excluding steroid dienone is 1. The highest BCUT2D eigenvalue weighted by Crippen LogP contribution is 2.35. The molecule has 0 spiro atoms. The minimum absolute atomic E-state index is 0.0777. The summed E-state index contributed by atoms with van der Waals surface area (Å²) in [5, 5.41) is 23.0. The summed E-state index contributed by atoms with van der Waals surface area (Å²) in [4.78, 5) is 0. The summed E-state index contributed by atoms with van der Waals surface area (Å²) in [6.07, 6.45) is 4.80. The summed E-state index contributed by atoms with van der Waals surface area (Å²) in [6, 6.07) is 19.5. The van der Waals surface area contributed by atoms with Gasteiger partial charge >= 0.3 is 0 Å². The lowest BCUT2D eigenvalue weighted by molar-refractivity contribution is 0.106. The van der Waals surface area contributed by atoms with Crippen molar-refractivity contribution in [3.05, 3.63) is 77.4 Å². The number of hydroxylamine groups is 1. The molecule has 4 nitrogen and oxygen atoms in total. The van der Waals surface area contributed by atoms with Crippen molar-refractivity contribution in [3.63, 3.8) is 0 Å².